The number of nitrogens with two attached hydrogens (primary N) is 1. The van der Waals surface area contributed by atoms with Gasteiger partial charge in [-0.15, -0.1) is 0 Å². The molecule has 2 N–H and O–H groups in total. The lowest BCUT2D eigenvalue weighted by molar-refractivity contribution is 0.822. The van der Waals surface area contributed by atoms with Gasteiger partial charge in [-0.2, -0.15) is 0 Å². The van der Waals surface area contributed by atoms with E-state index in [2.05, 4.69) is 63.1 Å². The highest BCUT2D eigenvalue weighted by molar-refractivity contribution is 9.10. The molecule has 1 aliphatic rings. The Morgan fingerprint density at radius 3 is 2.90 bits per heavy atom. The minimum absolute atomic E-state index is 0.452. The summed E-state index contributed by atoms with van der Waals surface area (Å²) >= 11 is 3.63. The first-order valence-electron chi connectivity index (χ1n) is 6.92. The molecule has 0 fully saturated rings. The van der Waals surface area contributed by atoms with Gasteiger partial charge in [-0.3, -0.25) is 4.99 Å². The number of halogens is 1. The molecule has 0 radical (unpaired) electrons. The highest BCUT2D eigenvalue weighted by atomic mass is 79.9. The number of hydrogen-bond acceptors (Lipinski definition) is 1. The fourth-order valence-corrected chi connectivity index (χ4v) is 3.51. The number of guanidine groups is 1. The summed E-state index contributed by atoms with van der Waals surface area (Å²) in [4.78, 5) is 6.48. The zero-order chi connectivity index (χ0) is 14.3. The first-order chi connectivity index (χ1) is 9.63. The van der Waals surface area contributed by atoms with Crippen LogP contribution in [0.4, 0.5) is 5.69 Å². The number of anilines is 1. The first kappa shape index (κ1) is 13.4. The summed E-state index contributed by atoms with van der Waals surface area (Å²) in [5, 5.41) is 2.56. The SMILES string of the molecule is CCN=C(N)N1CC(C)c2c1ccc1c(Br)cccc21. The Morgan fingerprint density at radius 1 is 1.35 bits per heavy atom. The van der Waals surface area contributed by atoms with Gasteiger partial charge in [0.15, 0.2) is 5.96 Å². The van der Waals surface area contributed by atoms with E-state index in [1.54, 1.807) is 0 Å². The molecule has 2 aromatic rings. The van der Waals surface area contributed by atoms with Crippen LogP contribution in [0.1, 0.15) is 25.3 Å². The van der Waals surface area contributed by atoms with E-state index < -0.39 is 0 Å². The van der Waals surface area contributed by atoms with Crippen LogP contribution < -0.4 is 10.6 Å². The lowest BCUT2D eigenvalue weighted by Crippen LogP contribution is -2.36. The summed E-state index contributed by atoms with van der Waals surface area (Å²) < 4.78 is 1.14. The molecule has 1 aliphatic heterocycles. The van der Waals surface area contributed by atoms with Crippen molar-refractivity contribution in [3.63, 3.8) is 0 Å². The molecule has 1 atom stereocenters. The van der Waals surface area contributed by atoms with Crippen molar-refractivity contribution in [3.05, 3.63) is 40.4 Å². The Hall–Kier alpha value is -1.55. The number of rotatable bonds is 1. The summed E-state index contributed by atoms with van der Waals surface area (Å²) in [6.07, 6.45) is 0. The topological polar surface area (TPSA) is 41.6 Å². The number of aliphatic imine (C=N–C) groups is 1. The predicted molar refractivity (Wildman–Crippen MR) is 89.6 cm³/mol. The number of nitrogens with zero attached hydrogens (tertiary/aromatic N) is 2. The van der Waals surface area contributed by atoms with Crippen LogP contribution in [0.5, 0.6) is 0 Å². The van der Waals surface area contributed by atoms with Gasteiger partial charge in [0, 0.05) is 29.2 Å². The summed E-state index contributed by atoms with van der Waals surface area (Å²) in [6, 6.07) is 10.7. The fourth-order valence-electron chi connectivity index (χ4n) is 3.01. The maximum atomic E-state index is 6.11. The van der Waals surface area contributed by atoms with Crippen molar-refractivity contribution in [2.24, 2.45) is 10.7 Å². The minimum atomic E-state index is 0.452. The van der Waals surface area contributed by atoms with Gasteiger partial charge in [0.1, 0.15) is 0 Å². The van der Waals surface area contributed by atoms with Gasteiger partial charge < -0.3 is 10.6 Å². The second-order valence-corrected chi connectivity index (χ2v) is 6.03. The lowest BCUT2D eigenvalue weighted by atomic mass is 9.96. The van der Waals surface area contributed by atoms with Crippen LogP contribution in [-0.4, -0.2) is 19.0 Å². The Morgan fingerprint density at radius 2 is 2.15 bits per heavy atom. The van der Waals surface area contributed by atoms with E-state index in [4.69, 9.17) is 5.73 Å². The van der Waals surface area contributed by atoms with Crippen molar-refractivity contribution in [1.82, 2.24) is 0 Å². The van der Waals surface area contributed by atoms with Gasteiger partial charge in [-0.05, 0) is 35.4 Å². The van der Waals surface area contributed by atoms with Crippen LogP contribution in [-0.2, 0) is 0 Å². The van der Waals surface area contributed by atoms with Crippen LogP contribution in [0.2, 0.25) is 0 Å². The molecule has 0 aliphatic carbocycles. The molecule has 0 spiro atoms. The van der Waals surface area contributed by atoms with Crippen LogP contribution in [0.15, 0.2) is 39.8 Å². The molecule has 0 amide bonds. The summed E-state index contributed by atoms with van der Waals surface area (Å²) in [6.45, 7) is 5.87. The first-order valence-corrected chi connectivity index (χ1v) is 7.71. The van der Waals surface area contributed by atoms with Crippen LogP contribution in [0.25, 0.3) is 10.8 Å². The smallest absolute Gasteiger partial charge is 0.195 e. The van der Waals surface area contributed by atoms with E-state index in [1.807, 2.05) is 6.92 Å². The van der Waals surface area contributed by atoms with E-state index in [1.165, 1.54) is 22.0 Å². The highest BCUT2D eigenvalue weighted by Gasteiger charge is 2.29. The standard InChI is InChI=1S/C16H18BrN3/c1-3-19-16(18)20-9-10(2)15-12-5-4-6-13(17)11(12)7-8-14(15)20/h4-8,10H,3,9H2,1-2H3,(H2,18,19). The Labute approximate surface area is 127 Å². The normalized spacial score (nSPS) is 18.6. The van der Waals surface area contributed by atoms with Crippen molar-refractivity contribution in [2.75, 3.05) is 18.0 Å². The van der Waals surface area contributed by atoms with Gasteiger partial charge in [-0.25, -0.2) is 0 Å². The van der Waals surface area contributed by atoms with Gasteiger partial charge in [0.2, 0.25) is 0 Å². The molecule has 0 aromatic heterocycles. The van der Waals surface area contributed by atoms with Crippen LogP contribution >= 0.6 is 15.9 Å². The van der Waals surface area contributed by atoms with Crippen molar-refractivity contribution in [2.45, 2.75) is 19.8 Å². The molecule has 0 bridgehead atoms. The molecule has 2 aromatic carbocycles. The Balaban J connectivity index is 2.22. The minimum Gasteiger partial charge on any atom is -0.370 e. The van der Waals surface area contributed by atoms with Crippen molar-refractivity contribution in [3.8, 4) is 0 Å². The van der Waals surface area contributed by atoms with E-state index >= 15 is 0 Å². The van der Waals surface area contributed by atoms with Gasteiger partial charge in [-0.1, -0.05) is 41.1 Å². The maximum Gasteiger partial charge on any atom is 0.195 e. The third-order valence-electron chi connectivity index (χ3n) is 3.86. The van der Waals surface area contributed by atoms with Gasteiger partial charge in [0.25, 0.3) is 0 Å². The number of hydrogen-bond donors (Lipinski definition) is 1. The summed E-state index contributed by atoms with van der Waals surface area (Å²) in [7, 11) is 0. The lowest BCUT2D eigenvalue weighted by Gasteiger charge is -2.18. The van der Waals surface area contributed by atoms with E-state index in [0.717, 1.165) is 11.0 Å². The van der Waals surface area contributed by atoms with E-state index in [0.29, 0.717) is 18.4 Å². The maximum absolute atomic E-state index is 6.11. The Kier molecular flexibility index (Phi) is 3.42. The largest absolute Gasteiger partial charge is 0.370 e. The third kappa shape index (κ3) is 1.99. The zero-order valence-electron chi connectivity index (χ0n) is 11.7. The second kappa shape index (κ2) is 5.09. The quantitative estimate of drug-likeness (QED) is 0.636. The van der Waals surface area contributed by atoms with Crippen molar-refractivity contribution >= 4 is 38.3 Å². The Bertz CT molecular complexity index is 693. The van der Waals surface area contributed by atoms with Crippen LogP contribution in [0.3, 0.4) is 0 Å². The highest BCUT2D eigenvalue weighted by Crippen LogP contribution is 2.42. The van der Waals surface area contributed by atoms with E-state index in [9.17, 15) is 0 Å². The molecular weight excluding hydrogens is 314 g/mol. The number of benzene rings is 2. The molecule has 4 heteroatoms. The molecule has 0 saturated heterocycles. The molecule has 0 saturated carbocycles. The van der Waals surface area contributed by atoms with Gasteiger partial charge >= 0.3 is 0 Å². The van der Waals surface area contributed by atoms with E-state index in [-0.39, 0.29) is 0 Å². The molecule has 3 nitrogen and oxygen atoms in total. The van der Waals surface area contributed by atoms with Crippen molar-refractivity contribution in [1.29, 1.82) is 0 Å². The average Bonchev–Trinajstić information content (AvgIpc) is 2.77. The monoisotopic (exact) mass is 331 g/mol. The molecule has 3 rings (SSSR count). The summed E-state index contributed by atoms with van der Waals surface area (Å²) in [5.41, 5.74) is 8.67. The molecule has 1 unspecified atom stereocenters. The van der Waals surface area contributed by atoms with Crippen molar-refractivity contribution < 1.29 is 0 Å². The predicted octanol–water partition coefficient (Wildman–Crippen LogP) is 3.86. The second-order valence-electron chi connectivity index (χ2n) is 5.18. The third-order valence-corrected chi connectivity index (χ3v) is 4.56. The average molecular weight is 332 g/mol. The molecule has 1 heterocycles. The molecule has 104 valence electrons. The zero-order valence-corrected chi connectivity index (χ0v) is 13.3. The fraction of sp³-hybridized carbons (Fsp3) is 0.312. The van der Waals surface area contributed by atoms with Crippen LogP contribution in [0, 0.1) is 0 Å². The molecule has 20 heavy (non-hydrogen) atoms. The summed E-state index contributed by atoms with van der Waals surface area (Å²) in [5.74, 6) is 1.07. The number of fused-ring (bicyclic) bond motifs is 3. The molecular formula is C16H18BrN3. The van der Waals surface area contributed by atoms with Gasteiger partial charge in [0.05, 0.1) is 0 Å².